The molecule has 0 aromatic heterocycles. The Bertz CT molecular complexity index is 937. The summed E-state index contributed by atoms with van der Waals surface area (Å²) >= 11 is 3.41. The average molecular weight is 416 g/mol. The van der Waals surface area contributed by atoms with Crippen molar-refractivity contribution in [3.8, 4) is 0 Å². The van der Waals surface area contributed by atoms with Gasteiger partial charge in [0.05, 0.1) is 17.1 Å². The molecule has 0 aliphatic rings. The summed E-state index contributed by atoms with van der Waals surface area (Å²) in [5.41, 5.74) is 2.66. The minimum atomic E-state index is -3.65. The zero-order chi connectivity index (χ0) is 17.9. The van der Waals surface area contributed by atoms with Gasteiger partial charge in [-0.15, -0.1) is 0 Å². The fourth-order valence-electron chi connectivity index (χ4n) is 2.50. The molecule has 0 fully saturated rings. The molecule has 0 amide bonds. The first-order valence-electron chi connectivity index (χ1n) is 7.86. The van der Waals surface area contributed by atoms with Crippen LogP contribution < -0.4 is 4.31 Å². The third-order valence-electron chi connectivity index (χ3n) is 3.89. The number of anilines is 1. The molecule has 3 aromatic carbocycles. The van der Waals surface area contributed by atoms with Gasteiger partial charge in [-0.3, -0.25) is 4.31 Å². The van der Waals surface area contributed by atoms with Crippen molar-refractivity contribution in [1.29, 1.82) is 0 Å². The van der Waals surface area contributed by atoms with E-state index in [1.165, 1.54) is 4.31 Å². The topological polar surface area (TPSA) is 37.4 Å². The molecule has 128 valence electrons. The predicted octanol–water partition coefficient (Wildman–Crippen LogP) is 5.15. The van der Waals surface area contributed by atoms with E-state index in [1.54, 1.807) is 24.3 Å². The van der Waals surface area contributed by atoms with Gasteiger partial charge in [0.1, 0.15) is 0 Å². The number of aryl methyl sites for hydroxylation is 1. The van der Waals surface area contributed by atoms with Gasteiger partial charge in [-0.25, -0.2) is 8.42 Å². The minimum Gasteiger partial charge on any atom is -0.262 e. The molecule has 0 N–H and O–H groups in total. The van der Waals surface area contributed by atoms with E-state index in [-0.39, 0.29) is 11.4 Å². The number of halogens is 1. The smallest absolute Gasteiger partial charge is 0.262 e. The summed E-state index contributed by atoms with van der Waals surface area (Å²) in [6, 6.07) is 23.7. The molecular formula is C20H18BrNO2S. The normalized spacial score (nSPS) is 11.3. The number of sulfonamides is 1. The van der Waals surface area contributed by atoms with E-state index in [4.69, 9.17) is 0 Å². The van der Waals surface area contributed by atoms with Gasteiger partial charge < -0.3 is 0 Å². The summed E-state index contributed by atoms with van der Waals surface area (Å²) in [6.45, 7) is 2.25. The van der Waals surface area contributed by atoms with Gasteiger partial charge in [0.25, 0.3) is 10.0 Å². The van der Waals surface area contributed by atoms with Crippen LogP contribution in [-0.2, 0) is 16.6 Å². The van der Waals surface area contributed by atoms with E-state index in [0.29, 0.717) is 5.69 Å². The summed E-state index contributed by atoms with van der Waals surface area (Å²) in [7, 11) is -3.65. The molecule has 0 aliphatic carbocycles. The van der Waals surface area contributed by atoms with Gasteiger partial charge in [0.2, 0.25) is 0 Å². The quantitative estimate of drug-likeness (QED) is 0.577. The van der Waals surface area contributed by atoms with Gasteiger partial charge >= 0.3 is 0 Å². The van der Waals surface area contributed by atoms with Crippen LogP contribution in [0.2, 0.25) is 0 Å². The lowest BCUT2D eigenvalue weighted by atomic mass is 10.2. The molecule has 3 rings (SSSR count). The Morgan fingerprint density at radius 1 is 0.840 bits per heavy atom. The SMILES string of the molecule is Cc1ccc(N(Cc2ccc(Br)cc2)S(=O)(=O)c2ccccc2)cc1. The summed E-state index contributed by atoms with van der Waals surface area (Å²) in [4.78, 5) is 0.285. The molecule has 0 saturated carbocycles. The molecule has 3 aromatic rings. The molecule has 25 heavy (non-hydrogen) atoms. The monoisotopic (exact) mass is 415 g/mol. The van der Waals surface area contributed by atoms with Crippen LogP contribution in [0.4, 0.5) is 5.69 Å². The Morgan fingerprint density at radius 3 is 2.04 bits per heavy atom. The number of hydrogen-bond acceptors (Lipinski definition) is 2. The van der Waals surface area contributed by atoms with E-state index in [9.17, 15) is 8.42 Å². The van der Waals surface area contributed by atoms with Crippen molar-refractivity contribution < 1.29 is 8.42 Å². The van der Waals surface area contributed by atoms with Crippen molar-refractivity contribution in [3.63, 3.8) is 0 Å². The molecule has 0 heterocycles. The average Bonchev–Trinajstić information content (AvgIpc) is 2.63. The largest absolute Gasteiger partial charge is 0.264 e. The molecule has 0 unspecified atom stereocenters. The standard InChI is InChI=1S/C20H18BrNO2S/c1-16-7-13-19(14-8-16)22(15-17-9-11-18(21)12-10-17)25(23,24)20-5-3-2-4-6-20/h2-14H,15H2,1H3. The van der Waals surface area contributed by atoms with Crippen molar-refractivity contribution >= 4 is 31.6 Å². The summed E-state index contributed by atoms with van der Waals surface area (Å²) in [6.07, 6.45) is 0. The molecular weight excluding hydrogens is 398 g/mol. The van der Waals surface area contributed by atoms with Crippen molar-refractivity contribution in [3.05, 3.63) is 94.5 Å². The van der Waals surface area contributed by atoms with Gasteiger partial charge in [-0.2, -0.15) is 0 Å². The fraction of sp³-hybridized carbons (Fsp3) is 0.100. The van der Waals surface area contributed by atoms with Crippen LogP contribution in [0.1, 0.15) is 11.1 Å². The molecule has 0 saturated heterocycles. The Balaban J connectivity index is 2.05. The molecule has 0 atom stereocenters. The van der Waals surface area contributed by atoms with Gasteiger partial charge in [0, 0.05) is 4.47 Å². The number of hydrogen-bond donors (Lipinski definition) is 0. The van der Waals surface area contributed by atoms with E-state index in [0.717, 1.165) is 15.6 Å². The van der Waals surface area contributed by atoms with Crippen molar-refractivity contribution in [2.45, 2.75) is 18.4 Å². The van der Waals surface area contributed by atoms with E-state index < -0.39 is 10.0 Å². The lowest BCUT2D eigenvalue weighted by Crippen LogP contribution is -2.30. The highest BCUT2D eigenvalue weighted by atomic mass is 79.9. The van der Waals surface area contributed by atoms with Crippen LogP contribution in [0.3, 0.4) is 0 Å². The second-order valence-corrected chi connectivity index (χ2v) is 8.56. The zero-order valence-corrected chi connectivity index (χ0v) is 16.2. The summed E-state index contributed by atoms with van der Waals surface area (Å²) in [5.74, 6) is 0. The number of benzene rings is 3. The maximum Gasteiger partial charge on any atom is 0.264 e. The van der Waals surface area contributed by atoms with Gasteiger partial charge in [0.15, 0.2) is 0 Å². The summed E-state index contributed by atoms with van der Waals surface area (Å²) < 4.78 is 28.8. The summed E-state index contributed by atoms with van der Waals surface area (Å²) in [5, 5.41) is 0. The van der Waals surface area contributed by atoms with Crippen LogP contribution in [0, 0.1) is 6.92 Å². The lowest BCUT2D eigenvalue weighted by Gasteiger charge is -2.25. The van der Waals surface area contributed by atoms with Crippen molar-refractivity contribution in [2.75, 3.05) is 4.31 Å². The van der Waals surface area contributed by atoms with Gasteiger partial charge in [-0.05, 0) is 48.9 Å². The first kappa shape index (κ1) is 17.7. The van der Waals surface area contributed by atoms with Crippen LogP contribution in [0.15, 0.2) is 88.2 Å². The Morgan fingerprint density at radius 2 is 1.44 bits per heavy atom. The first-order valence-corrected chi connectivity index (χ1v) is 10.1. The molecule has 5 heteroatoms. The zero-order valence-electron chi connectivity index (χ0n) is 13.8. The highest BCUT2D eigenvalue weighted by molar-refractivity contribution is 9.10. The fourth-order valence-corrected chi connectivity index (χ4v) is 4.24. The second-order valence-electron chi connectivity index (χ2n) is 5.79. The molecule has 3 nitrogen and oxygen atoms in total. The van der Waals surface area contributed by atoms with Crippen molar-refractivity contribution in [2.24, 2.45) is 0 Å². The predicted molar refractivity (Wildman–Crippen MR) is 105 cm³/mol. The maximum atomic E-state index is 13.2. The first-order chi connectivity index (χ1) is 12.0. The molecule has 0 aliphatic heterocycles. The van der Waals surface area contributed by atoms with E-state index in [1.807, 2.05) is 61.5 Å². The van der Waals surface area contributed by atoms with E-state index in [2.05, 4.69) is 15.9 Å². The van der Waals surface area contributed by atoms with E-state index >= 15 is 0 Å². The molecule has 0 spiro atoms. The number of nitrogens with zero attached hydrogens (tertiary/aromatic N) is 1. The van der Waals surface area contributed by atoms with Crippen LogP contribution in [0.5, 0.6) is 0 Å². The van der Waals surface area contributed by atoms with Crippen LogP contribution in [0.25, 0.3) is 0 Å². The minimum absolute atomic E-state index is 0.271. The Hall–Kier alpha value is -2.11. The molecule has 0 bridgehead atoms. The van der Waals surface area contributed by atoms with Gasteiger partial charge in [-0.1, -0.05) is 64.0 Å². The highest BCUT2D eigenvalue weighted by Crippen LogP contribution is 2.26. The van der Waals surface area contributed by atoms with Crippen LogP contribution >= 0.6 is 15.9 Å². The maximum absolute atomic E-state index is 13.2. The Kier molecular flexibility index (Phi) is 5.25. The number of rotatable bonds is 5. The van der Waals surface area contributed by atoms with Crippen molar-refractivity contribution in [1.82, 2.24) is 0 Å². The Labute approximate surface area is 157 Å². The highest BCUT2D eigenvalue weighted by Gasteiger charge is 2.25. The third-order valence-corrected chi connectivity index (χ3v) is 6.21. The van der Waals surface area contributed by atoms with Crippen LogP contribution in [-0.4, -0.2) is 8.42 Å². The second kappa shape index (κ2) is 7.42. The lowest BCUT2D eigenvalue weighted by molar-refractivity contribution is 0.590. The molecule has 0 radical (unpaired) electrons. The third kappa shape index (κ3) is 4.11.